The molecule has 0 spiro atoms. The zero-order valence-electron chi connectivity index (χ0n) is 11.9. The van der Waals surface area contributed by atoms with Gasteiger partial charge in [0.2, 0.25) is 5.91 Å². The molecule has 2 aliphatic heterocycles. The van der Waals surface area contributed by atoms with Gasteiger partial charge in [0.25, 0.3) is 0 Å². The minimum atomic E-state index is 0.0965. The summed E-state index contributed by atoms with van der Waals surface area (Å²) in [6.07, 6.45) is 1.48. The van der Waals surface area contributed by atoms with Gasteiger partial charge in [0.1, 0.15) is 0 Å². The third-order valence-corrected chi connectivity index (χ3v) is 4.40. The highest BCUT2D eigenvalue weighted by molar-refractivity contribution is 5.79. The van der Waals surface area contributed by atoms with Crippen LogP contribution in [0, 0.1) is 0 Å². The minimum Gasteiger partial charge on any atom is -0.368 e. The molecule has 2 aliphatic rings. The molecule has 2 fully saturated rings. The smallest absolute Gasteiger partial charge is 0.224 e. The Morgan fingerprint density at radius 3 is 2.65 bits per heavy atom. The van der Waals surface area contributed by atoms with Crippen LogP contribution in [-0.4, -0.2) is 43.0 Å². The van der Waals surface area contributed by atoms with Crippen molar-refractivity contribution in [2.75, 3.05) is 25.0 Å². The number of nitrogens with zero attached hydrogens (tertiary/aromatic N) is 2. The molecule has 0 aliphatic carbocycles. The number of piperidine rings is 1. The lowest BCUT2D eigenvalue weighted by Crippen LogP contribution is -2.62. The van der Waals surface area contributed by atoms with E-state index < -0.39 is 0 Å². The Labute approximate surface area is 120 Å². The number of carbonyl (C=O) groups excluding carboxylic acids is 1. The van der Waals surface area contributed by atoms with Gasteiger partial charge in [0, 0.05) is 43.0 Å². The molecule has 4 nitrogen and oxygen atoms in total. The number of hydrogen-bond acceptors (Lipinski definition) is 3. The summed E-state index contributed by atoms with van der Waals surface area (Å²) in [6, 6.07) is 11.3. The second-order valence-corrected chi connectivity index (χ2v) is 5.69. The van der Waals surface area contributed by atoms with Gasteiger partial charge in [-0.25, -0.2) is 0 Å². The van der Waals surface area contributed by atoms with Crippen LogP contribution in [0.15, 0.2) is 42.6 Å². The zero-order chi connectivity index (χ0) is 14.1. The Bertz CT molecular complexity index is 508. The summed E-state index contributed by atoms with van der Waals surface area (Å²) in [7, 11) is 2.14. The van der Waals surface area contributed by atoms with Crippen molar-refractivity contribution in [3.8, 4) is 0 Å². The van der Waals surface area contributed by atoms with Crippen molar-refractivity contribution in [1.82, 2.24) is 10.2 Å². The van der Waals surface area contributed by atoms with Crippen LogP contribution in [-0.2, 0) is 4.79 Å². The summed E-state index contributed by atoms with van der Waals surface area (Å²) in [6.45, 7) is 6.08. The van der Waals surface area contributed by atoms with Gasteiger partial charge in [0.05, 0.1) is 0 Å². The molecule has 20 heavy (non-hydrogen) atoms. The van der Waals surface area contributed by atoms with E-state index in [0.29, 0.717) is 12.5 Å². The first kappa shape index (κ1) is 13.2. The van der Waals surface area contributed by atoms with Gasteiger partial charge >= 0.3 is 0 Å². The summed E-state index contributed by atoms with van der Waals surface area (Å²) in [4.78, 5) is 16.1. The number of nitrogens with one attached hydrogen (secondary N) is 1. The molecule has 1 atom stereocenters. The van der Waals surface area contributed by atoms with Crippen LogP contribution in [0.4, 0.5) is 5.69 Å². The number of para-hydroxylation sites is 1. The standard InChI is InChI=1S/C16H21N3O/c1-12-15(8-9-16(20)17-12)18(2)14-10-19(11-14)13-6-4-3-5-7-13/h3-7,14-15H,1,8-11H2,2H3,(H,17,20). The second kappa shape index (κ2) is 5.29. The molecule has 1 aromatic rings. The Hall–Kier alpha value is -1.81. The summed E-state index contributed by atoms with van der Waals surface area (Å²) < 4.78 is 0. The Morgan fingerprint density at radius 2 is 2.00 bits per heavy atom. The van der Waals surface area contributed by atoms with Crippen molar-refractivity contribution in [2.24, 2.45) is 0 Å². The van der Waals surface area contributed by atoms with Gasteiger partial charge in [-0.2, -0.15) is 0 Å². The maximum Gasteiger partial charge on any atom is 0.224 e. The largest absolute Gasteiger partial charge is 0.368 e. The molecular weight excluding hydrogens is 250 g/mol. The number of carbonyl (C=O) groups is 1. The van der Waals surface area contributed by atoms with Crippen molar-refractivity contribution in [2.45, 2.75) is 24.9 Å². The van der Waals surface area contributed by atoms with E-state index in [1.165, 1.54) is 5.69 Å². The van der Waals surface area contributed by atoms with Crippen LogP contribution in [0.5, 0.6) is 0 Å². The molecule has 1 amide bonds. The van der Waals surface area contributed by atoms with Crippen LogP contribution in [0.3, 0.4) is 0 Å². The van der Waals surface area contributed by atoms with E-state index in [4.69, 9.17) is 0 Å². The lowest BCUT2D eigenvalue weighted by Gasteiger charge is -2.48. The van der Waals surface area contributed by atoms with Crippen molar-refractivity contribution in [3.63, 3.8) is 0 Å². The summed E-state index contributed by atoms with van der Waals surface area (Å²) in [5, 5.41) is 2.87. The van der Waals surface area contributed by atoms with Gasteiger partial charge < -0.3 is 10.2 Å². The normalized spacial score (nSPS) is 23.7. The molecule has 4 heteroatoms. The van der Waals surface area contributed by atoms with E-state index in [-0.39, 0.29) is 11.9 Å². The van der Waals surface area contributed by atoms with Crippen molar-refractivity contribution < 1.29 is 4.79 Å². The van der Waals surface area contributed by atoms with E-state index in [9.17, 15) is 4.79 Å². The Morgan fingerprint density at radius 1 is 1.30 bits per heavy atom. The highest BCUT2D eigenvalue weighted by Crippen LogP contribution is 2.26. The molecule has 1 aromatic carbocycles. The minimum absolute atomic E-state index is 0.0965. The maximum atomic E-state index is 11.3. The van der Waals surface area contributed by atoms with Gasteiger partial charge in [-0.05, 0) is 25.6 Å². The molecule has 0 aromatic heterocycles. The lowest BCUT2D eigenvalue weighted by atomic mass is 9.97. The molecule has 1 N–H and O–H groups in total. The molecule has 3 rings (SSSR count). The predicted octanol–water partition coefficient (Wildman–Crippen LogP) is 1.60. The van der Waals surface area contributed by atoms with Gasteiger partial charge in [0.15, 0.2) is 0 Å². The zero-order valence-corrected chi connectivity index (χ0v) is 11.9. The number of benzene rings is 1. The first-order valence-electron chi connectivity index (χ1n) is 7.16. The van der Waals surface area contributed by atoms with Crippen molar-refractivity contribution in [3.05, 3.63) is 42.6 Å². The Balaban J connectivity index is 1.57. The first-order chi connectivity index (χ1) is 9.65. The summed E-state index contributed by atoms with van der Waals surface area (Å²) in [5.41, 5.74) is 2.13. The number of anilines is 1. The van der Waals surface area contributed by atoms with Gasteiger partial charge in [-0.3, -0.25) is 9.69 Å². The molecule has 0 bridgehead atoms. The molecule has 2 heterocycles. The fourth-order valence-corrected chi connectivity index (χ4v) is 3.03. The average Bonchev–Trinajstić information content (AvgIpc) is 2.38. The lowest BCUT2D eigenvalue weighted by molar-refractivity contribution is -0.122. The average molecular weight is 271 g/mol. The molecule has 1 unspecified atom stereocenters. The van der Waals surface area contributed by atoms with Crippen molar-refractivity contribution in [1.29, 1.82) is 0 Å². The molecule has 0 radical (unpaired) electrons. The highest BCUT2D eigenvalue weighted by Gasteiger charge is 2.35. The third kappa shape index (κ3) is 2.43. The number of rotatable bonds is 3. The first-order valence-corrected chi connectivity index (χ1v) is 7.16. The van der Waals surface area contributed by atoms with E-state index >= 15 is 0 Å². The van der Waals surface area contributed by atoms with Crippen LogP contribution < -0.4 is 10.2 Å². The van der Waals surface area contributed by atoms with Crippen LogP contribution in [0.1, 0.15) is 12.8 Å². The van der Waals surface area contributed by atoms with Gasteiger partial charge in [-0.1, -0.05) is 24.8 Å². The quantitative estimate of drug-likeness (QED) is 0.907. The summed E-state index contributed by atoms with van der Waals surface area (Å²) >= 11 is 0. The van der Waals surface area contributed by atoms with E-state index in [1.54, 1.807) is 0 Å². The number of hydrogen-bond donors (Lipinski definition) is 1. The fourth-order valence-electron chi connectivity index (χ4n) is 3.03. The number of likely N-dealkylation sites (N-methyl/N-ethyl adjacent to an activating group) is 1. The Kier molecular flexibility index (Phi) is 3.49. The van der Waals surface area contributed by atoms with Crippen molar-refractivity contribution >= 4 is 11.6 Å². The molecule has 2 saturated heterocycles. The third-order valence-electron chi connectivity index (χ3n) is 4.40. The highest BCUT2D eigenvalue weighted by atomic mass is 16.1. The fraction of sp³-hybridized carbons (Fsp3) is 0.438. The molecule has 0 saturated carbocycles. The van der Waals surface area contributed by atoms with E-state index in [2.05, 4.69) is 53.0 Å². The second-order valence-electron chi connectivity index (χ2n) is 5.69. The maximum absolute atomic E-state index is 11.3. The van der Waals surface area contributed by atoms with Crippen LogP contribution >= 0.6 is 0 Å². The van der Waals surface area contributed by atoms with Crippen LogP contribution in [0.2, 0.25) is 0 Å². The van der Waals surface area contributed by atoms with E-state index in [1.807, 2.05) is 6.07 Å². The van der Waals surface area contributed by atoms with E-state index in [0.717, 1.165) is 25.2 Å². The molecule has 106 valence electrons. The van der Waals surface area contributed by atoms with Crippen LogP contribution in [0.25, 0.3) is 0 Å². The SMILES string of the molecule is C=C1NC(=O)CCC1N(C)C1CN(c2ccccc2)C1. The van der Waals surface area contributed by atoms with Gasteiger partial charge in [-0.15, -0.1) is 0 Å². The predicted molar refractivity (Wildman–Crippen MR) is 80.5 cm³/mol. The monoisotopic (exact) mass is 271 g/mol. The summed E-state index contributed by atoms with van der Waals surface area (Å²) in [5.74, 6) is 0.0965. The number of amides is 1. The molecular formula is C16H21N3O. The topological polar surface area (TPSA) is 35.6 Å².